The number of benzene rings is 1. The van der Waals surface area contributed by atoms with Crippen molar-refractivity contribution >= 4 is 11.9 Å². The molecule has 1 aromatic heterocycles. The summed E-state index contributed by atoms with van der Waals surface area (Å²) in [4.78, 5) is 22.5. The van der Waals surface area contributed by atoms with E-state index in [1.54, 1.807) is 31.3 Å². The molecule has 0 unspecified atom stereocenters. The van der Waals surface area contributed by atoms with E-state index in [4.69, 9.17) is 5.11 Å². The van der Waals surface area contributed by atoms with Gasteiger partial charge in [-0.25, -0.2) is 9.48 Å². The summed E-state index contributed by atoms with van der Waals surface area (Å²) in [6.45, 7) is 0.268. The molecule has 2 rings (SSSR count). The molecule has 0 aliphatic carbocycles. The first-order valence-corrected chi connectivity index (χ1v) is 6.06. The van der Waals surface area contributed by atoms with Crippen molar-refractivity contribution in [2.45, 2.75) is 13.0 Å². The van der Waals surface area contributed by atoms with Gasteiger partial charge in [-0.05, 0) is 0 Å². The lowest BCUT2D eigenvalue weighted by molar-refractivity contribution is -0.120. The van der Waals surface area contributed by atoms with E-state index < -0.39 is 5.97 Å². The van der Waals surface area contributed by atoms with Gasteiger partial charge in [0, 0.05) is 19.0 Å². The number of carbonyl (C=O) groups is 2. The smallest absolute Gasteiger partial charge is 0.358 e. The number of carboxylic acids is 1. The van der Waals surface area contributed by atoms with E-state index in [0.29, 0.717) is 11.3 Å². The fourth-order valence-electron chi connectivity index (χ4n) is 1.83. The molecular weight excluding hydrogens is 260 g/mol. The molecular formula is C13H14N4O3. The van der Waals surface area contributed by atoms with Gasteiger partial charge in [0.2, 0.25) is 5.91 Å². The normalized spacial score (nSPS) is 10.2. The number of hydrogen-bond donors (Lipinski definition) is 2. The number of aromatic nitrogens is 3. The summed E-state index contributed by atoms with van der Waals surface area (Å²) in [5.74, 6) is -1.29. The largest absolute Gasteiger partial charge is 0.476 e. The maximum absolute atomic E-state index is 11.3. The number of aromatic carboxylic acids is 1. The lowest BCUT2D eigenvalue weighted by Crippen LogP contribution is -2.20. The highest BCUT2D eigenvalue weighted by Crippen LogP contribution is 2.22. The van der Waals surface area contributed by atoms with E-state index in [2.05, 4.69) is 15.6 Å². The van der Waals surface area contributed by atoms with Gasteiger partial charge in [0.1, 0.15) is 5.69 Å². The number of nitrogens with one attached hydrogen (secondary N) is 1. The Hall–Kier alpha value is -2.70. The second-order valence-electron chi connectivity index (χ2n) is 4.10. The zero-order valence-corrected chi connectivity index (χ0v) is 10.9. The van der Waals surface area contributed by atoms with E-state index in [1.165, 1.54) is 4.68 Å². The third kappa shape index (κ3) is 2.82. The topological polar surface area (TPSA) is 97.1 Å². The van der Waals surface area contributed by atoms with E-state index in [1.807, 2.05) is 6.07 Å². The van der Waals surface area contributed by atoms with Crippen LogP contribution in [0.5, 0.6) is 0 Å². The van der Waals surface area contributed by atoms with E-state index in [-0.39, 0.29) is 24.6 Å². The highest BCUT2D eigenvalue weighted by Gasteiger charge is 2.20. The first kappa shape index (κ1) is 13.7. The van der Waals surface area contributed by atoms with Crippen LogP contribution in [-0.2, 0) is 11.3 Å². The summed E-state index contributed by atoms with van der Waals surface area (Å²) in [6.07, 6.45) is 0.207. The zero-order valence-electron chi connectivity index (χ0n) is 10.9. The van der Waals surface area contributed by atoms with Gasteiger partial charge in [-0.1, -0.05) is 35.5 Å². The van der Waals surface area contributed by atoms with Gasteiger partial charge in [-0.2, -0.15) is 0 Å². The SMILES string of the molecule is CNC(=O)CCn1nnc(C(=O)O)c1-c1ccccc1. The Morgan fingerprint density at radius 1 is 1.30 bits per heavy atom. The van der Waals surface area contributed by atoms with Crippen molar-refractivity contribution in [3.05, 3.63) is 36.0 Å². The Labute approximate surface area is 115 Å². The number of rotatable bonds is 5. The third-order valence-corrected chi connectivity index (χ3v) is 2.81. The number of nitrogens with zero attached hydrogens (tertiary/aromatic N) is 3. The highest BCUT2D eigenvalue weighted by atomic mass is 16.4. The van der Waals surface area contributed by atoms with Crippen LogP contribution in [0.3, 0.4) is 0 Å². The van der Waals surface area contributed by atoms with Crippen LogP contribution in [0.25, 0.3) is 11.3 Å². The summed E-state index contributed by atoms with van der Waals surface area (Å²) < 4.78 is 1.44. The Morgan fingerprint density at radius 2 is 2.00 bits per heavy atom. The van der Waals surface area contributed by atoms with Gasteiger partial charge in [0.05, 0.1) is 6.54 Å². The van der Waals surface area contributed by atoms with Crippen molar-refractivity contribution < 1.29 is 14.7 Å². The standard InChI is InChI=1S/C13H14N4O3/c1-14-10(18)7-8-17-12(9-5-3-2-4-6-9)11(13(19)20)15-16-17/h2-6H,7-8H2,1H3,(H,14,18)(H,19,20). The molecule has 0 fully saturated rings. The first-order chi connectivity index (χ1) is 9.63. The minimum Gasteiger partial charge on any atom is -0.476 e. The van der Waals surface area contributed by atoms with Crippen LogP contribution < -0.4 is 5.32 Å². The van der Waals surface area contributed by atoms with Crippen molar-refractivity contribution in [3.8, 4) is 11.3 Å². The predicted octanol–water partition coefficient (Wildman–Crippen LogP) is 0.779. The van der Waals surface area contributed by atoms with Crippen molar-refractivity contribution in [1.29, 1.82) is 0 Å². The van der Waals surface area contributed by atoms with Crippen LogP contribution in [0.2, 0.25) is 0 Å². The van der Waals surface area contributed by atoms with E-state index >= 15 is 0 Å². The van der Waals surface area contributed by atoms with E-state index in [9.17, 15) is 9.59 Å². The molecule has 7 heteroatoms. The molecule has 2 aromatic rings. The summed E-state index contributed by atoms with van der Waals surface area (Å²) in [6, 6.07) is 9.00. The molecule has 0 bridgehead atoms. The van der Waals surface area contributed by atoms with Crippen molar-refractivity contribution in [2.75, 3.05) is 7.05 Å². The molecule has 20 heavy (non-hydrogen) atoms. The number of aryl methyl sites for hydroxylation is 1. The average molecular weight is 274 g/mol. The van der Waals surface area contributed by atoms with Gasteiger partial charge in [0.15, 0.2) is 5.69 Å². The van der Waals surface area contributed by atoms with Crippen LogP contribution in [0.1, 0.15) is 16.9 Å². The summed E-state index contributed by atoms with van der Waals surface area (Å²) in [5, 5.41) is 19.2. The predicted molar refractivity (Wildman–Crippen MR) is 71.1 cm³/mol. The molecule has 1 amide bonds. The first-order valence-electron chi connectivity index (χ1n) is 6.06. The van der Waals surface area contributed by atoms with Crippen LogP contribution >= 0.6 is 0 Å². The second-order valence-corrected chi connectivity index (χ2v) is 4.10. The third-order valence-electron chi connectivity index (χ3n) is 2.81. The Morgan fingerprint density at radius 3 is 2.60 bits per heavy atom. The molecule has 1 heterocycles. The summed E-state index contributed by atoms with van der Waals surface area (Å²) in [5.41, 5.74) is 0.988. The molecule has 0 saturated heterocycles. The molecule has 0 saturated carbocycles. The van der Waals surface area contributed by atoms with Gasteiger partial charge in [-0.15, -0.1) is 5.10 Å². The minimum absolute atomic E-state index is 0.117. The zero-order chi connectivity index (χ0) is 14.5. The Balaban J connectivity index is 2.38. The van der Waals surface area contributed by atoms with Gasteiger partial charge in [0.25, 0.3) is 0 Å². The number of amides is 1. The van der Waals surface area contributed by atoms with Crippen LogP contribution in [0.15, 0.2) is 30.3 Å². The molecule has 104 valence electrons. The Bertz CT molecular complexity index is 622. The quantitative estimate of drug-likeness (QED) is 0.839. The lowest BCUT2D eigenvalue weighted by atomic mass is 10.1. The van der Waals surface area contributed by atoms with Gasteiger partial charge < -0.3 is 10.4 Å². The summed E-state index contributed by atoms with van der Waals surface area (Å²) in [7, 11) is 1.55. The molecule has 7 nitrogen and oxygen atoms in total. The number of hydrogen-bond acceptors (Lipinski definition) is 4. The van der Waals surface area contributed by atoms with Crippen LogP contribution in [0.4, 0.5) is 0 Å². The maximum Gasteiger partial charge on any atom is 0.358 e. The van der Waals surface area contributed by atoms with Gasteiger partial charge >= 0.3 is 5.97 Å². The number of carboxylic acid groups (broad SMARTS) is 1. The highest BCUT2D eigenvalue weighted by molar-refractivity contribution is 5.92. The maximum atomic E-state index is 11.3. The molecule has 2 N–H and O–H groups in total. The fraction of sp³-hybridized carbons (Fsp3) is 0.231. The van der Waals surface area contributed by atoms with Crippen LogP contribution in [-0.4, -0.2) is 39.0 Å². The van der Waals surface area contributed by atoms with Crippen molar-refractivity contribution in [1.82, 2.24) is 20.3 Å². The molecule has 0 radical (unpaired) electrons. The molecule has 0 spiro atoms. The average Bonchev–Trinajstić information content (AvgIpc) is 2.89. The number of carbonyl (C=O) groups excluding carboxylic acids is 1. The van der Waals surface area contributed by atoms with Crippen LogP contribution in [0, 0.1) is 0 Å². The Kier molecular flexibility index (Phi) is 4.09. The molecule has 0 aliphatic rings. The van der Waals surface area contributed by atoms with E-state index in [0.717, 1.165) is 0 Å². The van der Waals surface area contributed by atoms with Crippen molar-refractivity contribution in [2.24, 2.45) is 0 Å². The monoisotopic (exact) mass is 274 g/mol. The van der Waals surface area contributed by atoms with Gasteiger partial charge in [-0.3, -0.25) is 4.79 Å². The molecule has 1 aromatic carbocycles. The van der Waals surface area contributed by atoms with Crippen molar-refractivity contribution in [3.63, 3.8) is 0 Å². The lowest BCUT2D eigenvalue weighted by Gasteiger charge is -2.06. The molecule has 0 atom stereocenters. The fourth-order valence-corrected chi connectivity index (χ4v) is 1.83. The second kappa shape index (κ2) is 5.96. The summed E-state index contributed by atoms with van der Waals surface area (Å²) >= 11 is 0. The molecule has 0 aliphatic heterocycles. The minimum atomic E-state index is -1.14.